The number of nitrogens with zero attached hydrogens (tertiary/aromatic N) is 1. The van der Waals surface area contributed by atoms with Gasteiger partial charge in [-0.1, -0.05) is 127 Å². The molecule has 0 aromatic heterocycles. The Kier molecular flexibility index (Phi) is 15.9. The molecule has 0 aliphatic rings. The largest absolute Gasteiger partial charge is 0.454 e. The van der Waals surface area contributed by atoms with Gasteiger partial charge in [-0.15, -0.1) is 0 Å². The Labute approximate surface area is 239 Å². The first kappa shape index (κ1) is 32.9. The molecule has 0 aliphatic carbocycles. The van der Waals surface area contributed by atoms with E-state index in [9.17, 15) is 4.79 Å². The lowest BCUT2D eigenvalue weighted by atomic mass is 10.0. The zero-order valence-electron chi connectivity index (χ0n) is 25.6. The van der Waals surface area contributed by atoms with E-state index in [4.69, 9.17) is 9.47 Å². The summed E-state index contributed by atoms with van der Waals surface area (Å²) in [5.74, 6) is 0.676. The first-order chi connectivity index (χ1) is 18.9. The number of carbonyl (C=O) groups excluding carboxylic acids is 1. The molecule has 0 N–H and O–H groups in total. The van der Waals surface area contributed by atoms with Crippen molar-refractivity contribution in [1.29, 1.82) is 0 Å². The van der Waals surface area contributed by atoms with Gasteiger partial charge in [-0.05, 0) is 30.9 Å². The number of hydrogen-bond acceptors (Lipinski definition) is 3. The SMILES string of the molecule is CCCCCCCCCCCCc1ccccc1OC(CCC)OC(=O)C(CC)[N+](C)(C)Cc1ccccc1. The Bertz CT molecular complexity index is 911. The van der Waals surface area contributed by atoms with E-state index >= 15 is 0 Å². The van der Waals surface area contributed by atoms with Crippen molar-refractivity contribution in [2.75, 3.05) is 14.1 Å². The van der Waals surface area contributed by atoms with Gasteiger partial charge in [-0.25, -0.2) is 4.79 Å². The highest BCUT2D eigenvalue weighted by Crippen LogP contribution is 2.25. The third-order valence-corrected chi connectivity index (χ3v) is 7.74. The number of hydrogen-bond donors (Lipinski definition) is 0. The maximum atomic E-state index is 13.4. The number of aryl methyl sites for hydroxylation is 1. The highest BCUT2D eigenvalue weighted by molar-refractivity contribution is 5.74. The molecule has 0 bridgehead atoms. The molecule has 2 aromatic carbocycles. The number of benzene rings is 2. The maximum absolute atomic E-state index is 13.4. The summed E-state index contributed by atoms with van der Waals surface area (Å²) >= 11 is 0. The van der Waals surface area contributed by atoms with Gasteiger partial charge in [0, 0.05) is 18.4 Å². The molecule has 2 atom stereocenters. The number of rotatable bonds is 21. The van der Waals surface area contributed by atoms with E-state index < -0.39 is 6.29 Å². The lowest BCUT2D eigenvalue weighted by Crippen LogP contribution is -2.53. The first-order valence-electron chi connectivity index (χ1n) is 15.7. The van der Waals surface area contributed by atoms with E-state index in [-0.39, 0.29) is 12.0 Å². The van der Waals surface area contributed by atoms with Crippen LogP contribution < -0.4 is 4.74 Å². The lowest BCUT2D eigenvalue weighted by Gasteiger charge is -2.36. The lowest BCUT2D eigenvalue weighted by molar-refractivity contribution is -0.919. The van der Waals surface area contributed by atoms with Gasteiger partial charge in [-0.2, -0.15) is 0 Å². The van der Waals surface area contributed by atoms with Gasteiger partial charge in [0.1, 0.15) is 12.3 Å². The summed E-state index contributed by atoms with van der Waals surface area (Å²) in [6.07, 6.45) is 16.0. The predicted molar refractivity (Wildman–Crippen MR) is 164 cm³/mol. The average Bonchev–Trinajstić information content (AvgIpc) is 2.91. The van der Waals surface area contributed by atoms with Crippen LogP contribution in [0.15, 0.2) is 54.6 Å². The first-order valence-corrected chi connectivity index (χ1v) is 15.7. The van der Waals surface area contributed by atoms with E-state index in [1.165, 1.54) is 68.9 Å². The van der Waals surface area contributed by atoms with Gasteiger partial charge in [0.15, 0.2) is 6.04 Å². The van der Waals surface area contributed by atoms with Crippen molar-refractivity contribution in [3.63, 3.8) is 0 Å². The number of likely N-dealkylation sites (N-methyl/N-ethyl adjacent to an activating group) is 1. The number of para-hydroxylation sites is 1. The van der Waals surface area contributed by atoms with Gasteiger partial charge in [-0.3, -0.25) is 0 Å². The van der Waals surface area contributed by atoms with Crippen LogP contribution in [0.5, 0.6) is 5.75 Å². The number of ether oxygens (including phenoxy) is 2. The second kappa shape index (κ2) is 18.9. The summed E-state index contributed by atoms with van der Waals surface area (Å²) in [7, 11) is 4.22. The van der Waals surface area contributed by atoms with Crippen LogP contribution in [0, 0.1) is 0 Å². The van der Waals surface area contributed by atoms with Crippen molar-refractivity contribution in [3.05, 3.63) is 65.7 Å². The molecule has 2 unspecified atom stereocenters. The smallest absolute Gasteiger partial charge is 0.368 e. The molecule has 0 fully saturated rings. The Hall–Kier alpha value is -2.33. The molecule has 0 amide bonds. The van der Waals surface area contributed by atoms with Crippen molar-refractivity contribution in [1.82, 2.24) is 0 Å². The Morgan fingerprint density at radius 2 is 1.33 bits per heavy atom. The van der Waals surface area contributed by atoms with Crippen LogP contribution in [0.25, 0.3) is 0 Å². The van der Waals surface area contributed by atoms with E-state index in [2.05, 4.69) is 59.1 Å². The molecule has 2 rings (SSSR count). The third-order valence-electron chi connectivity index (χ3n) is 7.74. The topological polar surface area (TPSA) is 35.5 Å². The van der Waals surface area contributed by atoms with Crippen LogP contribution in [-0.2, 0) is 22.5 Å². The zero-order valence-corrected chi connectivity index (χ0v) is 25.6. The minimum absolute atomic E-state index is 0.177. The van der Waals surface area contributed by atoms with Crippen molar-refractivity contribution >= 4 is 5.97 Å². The van der Waals surface area contributed by atoms with Crippen molar-refractivity contribution < 1.29 is 18.8 Å². The fourth-order valence-corrected chi connectivity index (χ4v) is 5.47. The zero-order chi connectivity index (χ0) is 28.3. The van der Waals surface area contributed by atoms with E-state index in [0.717, 1.165) is 31.6 Å². The molecule has 39 heavy (non-hydrogen) atoms. The van der Waals surface area contributed by atoms with Crippen molar-refractivity contribution in [2.45, 2.75) is 130 Å². The quantitative estimate of drug-likeness (QED) is 0.0687. The minimum Gasteiger partial charge on any atom is -0.454 e. The van der Waals surface area contributed by atoms with Gasteiger partial charge in [0.05, 0.1) is 14.1 Å². The standard InChI is InChI=1S/C35H56NO3/c1-6-9-10-11-12-13-14-15-16-20-26-31-27-21-22-28-33(31)38-34(23-7-2)39-35(37)32(8-3)36(4,5)29-30-24-18-17-19-25-30/h17-19,21-22,24-25,27-28,32,34H,6-16,20,23,26,29H2,1-5H3/q+1. The summed E-state index contributed by atoms with van der Waals surface area (Å²) in [6.45, 7) is 7.21. The normalized spacial score (nSPS) is 13.2. The Morgan fingerprint density at radius 1 is 0.744 bits per heavy atom. The minimum atomic E-state index is -0.567. The molecule has 0 saturated carbocycles. The number of unbranched alkanes of at least 4 members (excludes halogenated alkanes) is 9. The highest BCUT2D eigenvalue weighted by atomic mass is 16.7. The van der Waals surface area contributed by atoms with Gasteiger partial charge in [0.2, 0.25) is 6.29 Å². The second-order valence-corrected chi connectivity index (χ2v) is 11.7. The van der Waals surface area contributed by atoms with E-state index in [1.54, 1.807) is 0 Å². The molecular weight excluding hydrogens is 482 g/mol. The fourth-order valence-electron chi connectivity index (χ4n) is 5.47. The predicted octanol–water partition coefficient (Wildman–Crippen LogP) is 9.25. The summed E-state index contributed by atoms with van der Waals surface area (Å²) < 4.78 is 13.0. The van der Waals surface area contributed by atoms with Crippen LogP contribution >= 0.6 is 0 Å². The molecule has 0 saturated heterocycles. The number of esters is 1. The van der Waals surface area contributed by atoms with E-state index in [0.29, 0.717) is 17.3 Å². The highest BCUT2D eigenvalue weighted by Gasteiger charge is 2.36. The molecule has 0 heterocycles. The molecule has 0 spiro atoms. The van der Waals surface area contributed by atoms with Crippen molar-refractivity contribution in [2.24, 2.45) is 0 Å². The van der Waals surface area contributed by atoms with Crippen molar-refractivity contribution in [3.8, 4) is 5.75 Å². The van der Waals surface area contributed by atoms with Crippen LogP contribution in [0.3, 0.4) is 0 Å². The monoisotopic (exact) mass is 538 g/mol. The van der Waals surface area contributed by atoms with Gasteiger partial charge < -0.3 is 14.0 Å². The molecule has 218 valence electrons. The average molecular weight is 539 g/mol. The summed E-state index contributed by atoms with van der Waals surface area (Å²) in [5, 5.41) is 0. The maximum Gasteiger partial charge on any atom is 0.368 e. The second-order valence-electron chi connectivity index (χ2n) is 11.7. The summed E-state index contributed by atoms with van der Waals surface area (Å²) in [5.41, 5.74) is 2.43. The van der Waals surface area contributed by atoms with Crippen LogP contribution in [-0.4, -0.2) is 36.9 Å². The molecule has 2 aromatic rings. The summed E-state index contributed by atoms with van der Waals surface area (Å²) in [6, 6.07) is 18.4. The number of quaternary nitrogens is 1. The molecular formula is C35H56NO3+. The molecule has 0 radical (unpaired) electrons. The third kappa shape index (κ3) is 12.6. The Balaban J connectivity index is 1.89. The van der Waals surface area contributed by atoms with Crippen LogP contribution in [0.2, 0.25) is 0 Å². The molecule has 0 aliphatic heterocycles. The molecule has 4 nitrogen and oxygen atoms in total. The van der Waals surface area contributed by atoms with Crippen LogP contribution in [0.4, 0.5) is 0 Å². The molecule has 4 heteroatoms. The summed E-state index contributed by atoms with van der Waals surface area (Å²) in [4.78, 5) is 13.4. The number of carbonyl (C=O) groups is 1. The van der Waals surface area contributed by atoms with Gasteiger partial charge >= 0.3 is 5.97 Å². The van der Waals surface area contributed by atoms with Crippen LogP contribution in [0.1, 0.15) is 115 Å². The fraction of sp³-hybridized carbons (Fsp3) is 0.629. The van der Waals surface area contributed by atoms with E-state index in [1.807, 2.05) is 30.3 Å². The van der Waals surface area contributed by atoms with Gasteiger partial charge in [0.25, 0.3) is 0 Å². The Morgan fingerprint density at radius 3 is 1.95 bits per heavy atom.